The van der Waals surface area contributed by atoms with Gasteiger partial charge in [0.25, 0.3) is 0 Å². The van der Waals surface area contributed by atoms with Crippen LogP contribution in [0, 0.1) is 12.7 Å². The zero-order chi connectivity index (χ0) is 18.6. The SMILES string of the molecule is CCS(=O)c1cc(CCc2ccc(C)cc2C(=O)OC)c(F)cc1Cl. The van der Waals surface area contributed by atoms with E-state index in [2.05, 4.69) is 0 Å². The van der Waals surface area contributed by atoms with E-state index in [4.69, 9.17) is 16.3 Å². The fourth-order valence-corrected chi connectivity index (χ4v) is 3.84. The van der Waals surface area contributed by atoms with Gasteiger partial charge in [0.2, 0.25) is 0 Å². The van der Waals surface area contributed by atoms with Crippen LogP contribution in [0.1, 0.15) is 34.0 Å². The van der Waals surface area contributed by atoms with Crippen molar-refractivity contribution in [3.8, 4) is 0 Å². The van der Waals surface area contributed by atoms with Crippen molar-refractivity contribution in [2.45, 2.75) is 31.6 Å². The number of hydrogen-bond acceptors (Lipinski definition) is 3. The lowest BCUT2D eigenvalue weighted by Gasteiger charge is -2.11. The number of aryl methyl sites for hydroxylation is 3. The van der Waals surface area contributed by atoms with E-state index in [1.54, 1.807) is 19.1 Å². The molecule has 2 rings (SSSR count). The van der Waals surface area contributed by atoms with Crippen LogP contribution in [0.5, 0.6) is 0 Å². The Bertz CT molecular complexity index is 821. The summed E-state index contributed by atoms with van der Waals surface area (Å²) in [7, 11) is 0.0754. The minimum atomic E-state index is -1.26. The van der Waals surface area contributed by atoms with Gasteiger partial charge in [0, 0.05) is 5.75 Å². The average molecular weight is 383 g/mol. The third-order valence-electron chi connectivity index (χ3n) is 3.94. The van der Waals surface area contributed by atoms with Crippen molar-refractivity contribution in [3.63, 3.8) is 0 Å². The molecule has 134 valence electrons. The second kappa shape index (κ2) is 8.59. The largest absolute Gasteiger partial charge is 0.465 e. The lowest BCUT2D eigenvalue weighted by molar-refractivity contribution is 0.0599. The van der Waals surface area contributed by atoms with Crippen molar-refractivity contribution < 1.29 is 18.1 Å². The summed E-state index contributed by atoms with van der Waals surface area (Å²) in [6, 6.07) is 8.27. The molecule has 0 aliphatic heterocycles. The molecular weight excluding hydrogens is 363 g/mol. The molecule has 0 amide bonds. The van der Waals surface area contributed by atoms with Gasteiger partial charge in [0.15, 0.2) is 0 Å². The lowest BCUT2D eigenvalue weighted by Crippen LogP contribution is -2.08. The second-order valence-electron chi connectivity index (χ2n) is 5.66. The van der Waals surface area contributed by atoms with Crippen molar-refractivity contribution in [1.29, 1.82) is 0 Å². The first-order valence-corrected chi connectivity index (χ1v) is 9.61. The van der Waals surface area contributed by atoms with E-state index in [1.165, 1.54) is 13.2 Å². The van der Waals surface area contributed by atoms with Gasteiger partial charge in [-0.1, -0.05) is 36.2 Å². The summed E-state index contributed by atoms with van der Waals surface area (Å²) in [4.78, 5) is 12.4. The van der Waals surface area contributed by atoms with Crippen molar-refractivity contribution >= 4 is 28.4 Å². The third-order valence-corrected chi connectivity index (χ3v) is 5.72. The summed E-state index contributed by atoms with van der Waals surface area (Å²) in [6.07, 6.45) is 0.825. The van der Waals surface area contributed by atoms with E-state index >= 15 is 0 Å². The average Bonchev–Trinajstić information content (AvgIpc) is 2.60. The van der Waals surface area contributed by atoms with Gasteiger partial charge < -0.3 is 4.74 Å². The minimum absolute atomic E-state index is 0.173. The summed E-state index contributed by atoms with van der Waals surface area (Å²) in [5.41, 5.74) is 2.64. The molecule has 2 aromatic rings. The van der Waals surface area contributed by atoms with Gasteiger partial charge in [-0.15, -0.1) is 0 Å². The van der Waals surface area contributed by atoms with Gasteiger partial charge in [-0.2, -0.15) is 0 Å². The van der Waals surface area contributed by atoms with E-state index in [9.17, 15) is 13.4 Å². The number of rotatable bonds is 6. The van der Waals surface area contributed by atoms with Crippen LogP contribution in [0.2, 0.25) is 5.02 Å². The highest BCUT2D eigenvalue weighted by Gasteiger charge is 2.15. The Balaban J connectivity index is 2.30. The molecule has 0 aliphatic rings. The molecule has 0 fully saturated rings. The van der Waals surface area contributed by atoms with E-state index in [-0.39, 0.29) is 5.02 Å². The van der Waals surface area contributed by atoms with E-state index < -0.39 is 22.6 Å². The summed E-state index contributed by atoms with van der Waals surface area (Å²) in [5.74, 6) is -0.438. The van der Waals surface area contributed by atoms with Crippen LogP contribution >= 0.6 is 11.6 Å². The molecule has 3 nitrogen and oxygen atoms in total. The lowest BCUT2D eigenvalue weighted by atomic mass is 9.98. The molecule has 0 radical (unpaired) electrons. The maximum Gasteiger partial charge on any atom is 0.338 e. The number of halogens is 2. The van der Waals surface area contributed by atoms with Crippen molar-refractivity contribution in [1.82, 2.24) is 0 Å². The zero-order valence-corrected chi connectivity index (χ0v) is 16.0. The highest BCUT2D eigenvalue weighted by Crippen LogP contribution is 2.25. The quantitative estimate of drug-likeness (QED) is 0.691. The molecule has 0 heterocycles. The summed E-state index contributed by atoms with van der Waals surface area (Å²) in [5, 5.41) is 0.173. The number of benzene rings is 2. The summed E-state index contributed by atoms with van der Waals surface area (Å²) < 4.78 is 31.1. The predicted molar refractivity (Wildman–Crippen MR) is 98.3 cm³/mol. The van der Waals surface area contributed by atoms with Crippen molar-refractivity contribution in [2.75, 3.05) is 12.9 Å². The molecule has 0 spiro atoms. The molecule has 2 aromatic carbocycles. The number of hydrogen-bond donors (Lipinski definition) is 0. The number of methoxy groups -OCH3 is 1. The van der Waals surface area contributed by atoms with E-state index in [0.29, 0.717) is 34.6 Å². The number of ether oxygens (including phenoxy) is 1. The Labute approximate surface area is 154 Å². The number of esters is 1. The Kier molecular flexibility index (Phi) is 6.73. The number of carbonyl (C=O) groups excluding carboxylic acids is 1. The molecular formula is C19H20ClFO3S. The molecule has 0 aliphatic carbocycles. The van der Waals surface area contributed by atoms with Crippen LogP contribution < -0.4 is 0 Å². The first-order chi connectivity index (χ1) is 11.9. The standard InChI is InChI=1S/C19H20ClFO3S/c1-4-25(23)18-10-14(17(21)11-16(18)20)8-7-13-6-5-12(2)9-15(13)19(22)24-3/h5-6,9-11H,4,7-8H2,1-3H3. The van der Waals surface area contributed by atoms with Gasteiger partial charge in [-0.3, -0.25) is 4.21 Å². The normalized spacial score (nSPS) is 12.0. The summed E-state index contributed by atoms with van der Waals surface area (Å²) >= 11 is 6.00. The van der Waals surface area contributed by atoms with Gasteiger partial charge in [0.1, 0.15) is 5.82 Å². The first kappa shape index (κ1) is 19.6. The minimum Gasteiger partial charge on any atom is -0.465 e. The molecule has 0 saturated carbocycles. The number of carbonyl (C=O) groups is 1. The van der Waals surface area contributed by atoms with Gasteiger partial charge >= 0.3 is 5.97 Å². The molecule has 1 atom stereocenters. The Hall–Kier alpha value is -1.72. The van der Waals surface area contributed by atoms with Crippen molar-refractivity contribution in [3.05, 3.63) is 63.4 Å². The molecule has 1 unspecified atom stereocenters. The second-order valence-corrected chi connectivity index (χ2v) is 7.78. The highest BCUT2D eigenvalue weighted by molar-refractivity contribution is 7.85. The van der Waals surface area contributed by atoms with Crippen LogP contribution in [0.3, 0.4) is 0 Å². The van der Waals surface area contributed by atoms with Crippen LogP contribution in [0.15, 0.2) is 35.2 Å². The van der Waals surface area contributed by atoms with Crippen LogP contribution in [0.25, 0.3) is 0 Å². The smallest absolute Gasteiger partial charge is 0.338 e. The van der Waals surface area contributed by atoms with Gasteiger partial charge in [-0.05, 0) is 49.1 Å². The highest BCUT2D eigenvalue weighted by atomic mass is 35.5. The summed E-state index contributed by atoms with van der Waals surface area (Å²) in [6.45, 7) is 3.67. The predicted octanol–water partition coefficient (Wildman–Crippen LogP) is 4.49. The Morgan fingerprint density at radius 2 is 1.88 bits per heavy atom. The molecule has 0 bridgehead atoms. The molecule has 0 N–H and O–H groups in total. The van der Waals surface area contributed by atoms with Crippen molar-refractivity contribution in [2.24, 2.45) is 0 Å². The molecule has 6 heteroatoms. The van der Waals surface area contributed by atoms with E-state index in [0.717, 1.165) is 11.1 Å². The van der Waals surface area contributed by atoms with Crippen LogP contribution in [0.4, 0.5) is 4.39 Å². The topological polar surface area (TPSA) is 43.4 Å². The monoisotopic (exact) mass is 382 g/mol. The fourth-order valence-electron chi connectivity index (χ4n) is 2.57. The Morgan fingerprint density at radius 1 is 1.20 bits per heavy atom. The molecule has 0 saturated heterocycles. The molecule has 25 heavy (non-hydrogen) atoms. The fraction of sp³-hybridized carbons (Fsp3) is 0.316. The van der Waals surface area contributed by atoms with E-state index in [1.807, 2.05) is 19.1 Å². The van der Waals surface area contributed by atoms with Crippen LogP contribution in [-0.4, -0.2) is 23.0 Å². The maximum atomic E-state index is 14.2. The molecule has 0 aromatic heterocycles. The van der Waals surface area contributed by atoms with Crippen LogP contribution in [-0.2, 0) is 28.4 Å². The van der Waals surface area contributed by atoms with Gasteiger partial charge in [0.05, 0.1) is 33.4 Å². The maximum absolute atomic E-state index is 14.2. The third kappa shape index (κ3) is 4.67. The van der Waals surface area contributed by atoms with Gasteiger partial charge in [-0.25, -0.2) is 9.18 Å². The zero-order valence-electron chi connectivity index (χ0n) is 14.4. The first-order valence-electron chi connectivity index (χ1n) is 7.91. The Morgan fingerprint density at radius 3 is 2.52 bits per heavy atom.